The molecule has 1 N–H and O–H groups in total. The second kappa shape index (κ2) is 3.56. The van der Waals surface area contributed by atoms with Gasteiger partial charge in [-0.1, -0.05) is 0 Å². The predicted molar refractivity (Wildman–Crippen MR) is 67.4 cm³/mol. The molecule has 0 fully saturated rings. The van der Waals surface area contributed by atoms with E-state index >= 15 is 0 Å². The van der Waals surface area contributed by atoms with E-state index in [0.29, 0.717) is 11.1 Å². The summed E-state index contributed by atoms with van der Waals surface area (Å²) in [6.45, 7) is 4.04. The molecule has 0 aliphatic carbocycles. The summed E-state index contributed by atoms with van der Waals surface area (Å²) in [5, 5.41) is 0.962. The topological polar surface area (TPSA) is 58.9 Å². The molecular weight excluding hydrogens is 236 g/mol. The van der Waals surface area contributed by atoms with E-state index in [0.717, 1.165) is 16.3 Å². The van der Waals surface area contributed by atoms with Crippen molar-refractivity contribution in [3.8, 4) is 10.6 Å². The number of hydrogen-bond acceptors (Lipinski definition) is 4. The van der Waals surface area contributed by atoms with E-state index in [1.54, 1.807) is 17.4 Å². The first-order valence-electron chi connectivity index (χ1n) is 5.21. The maximum Gasteiger partial charge on any atom is 0.417 e. The van der Waals surface area contributed by atoms with Crippen molar-refractivity contribution in [1.29, 1.82) is 0 Å². The monoisotopic (exact) mass is 246 g/mol. The molecule has 0 radical (unpaired) electrons. The summed E-state index contributed by atoms with van der Waals surface area (Å²) in [6.07, 6.45) is 0. The van der Waals surface area contributed by atoms with Crippen molar-refractivity contribution in [2.75, 3.05) is 0 Å². The van der Waals surface area contributed by atoms with Gasteiger partial charge in [0, 0.05) is 10.4 Å². The van der Waals surface area contributed by atoms with Crippen molar-refractivity contribution >= 4 is 22.4 Å². The van der Waals surface area contributed by atoms with Crippen LogP contribution in [0.1, 0.15) is 10.6 Å². The van der Waals surface area contributed by atoms with Crippen LogP contribution in [0.2, 0.25) is 0 Å². The van der Waals surface area contributed by atoms with Crippen LogP contribution in [0.4, 0.5) is 0 Å². The Hall–Kier alpha value is -1.88. The third-order valence-electron chi connectivity index (χ3n) is 2.69. The van der Waals surface area contributed by atoms with Gasteiger partial charge < -0.3 is 4.42 Å². The van der Waals surface area contributed by atoms with Gasteiger partial charge in [-0.25, -0.2) is 9.78 Å². The van der Waals surface area contributed by atoms with Gasteiger partial charge in [-0.3, -0.25) is 4.98 Å². The molecule has 0 saturated heterocycles. The van der Waals surface area contributed by atoms with Crippen LogP contribution in [-0.4, -0.2) is 9.97 Å². The molecule has 2 heterocycles. The van der Waals surface area contributed by atoms with Gasteiger partial charge in [0.2, 0.25) is 0 Å². The van der Waals surface area contributed by atoms with Crippen LogP contribution < -0.4 is 5.76 Å². The fraction of sp³-hybridized carbons (Fsp3) is 0.167. The van der Waals surface area contributed by atoms with Crippen LogP contribution in [0, 0.1) is 13.8 Å². The number of nitrogens with one attached hydrogen (secondary N) is 1. The van der Waals surface area contributed by atoms with E-state index < -0.39 is 5.76 Å². The van der Waals surface area contributed by atoms with Gasteiger partial charge in [0.1, 0.15) is 5.01 Å². The van der Waals surface area contributed by atoms with Crippen LogP contribution in [0.15, 0.2) is 27.4 Å². The number of fused-ring (bicyclic) bond motifs is 1. The van der Waals surface area contributed by atoms with Gasteiger partial charge in [0.05, 0.1) is 11.2 Å². The molecule has 17 heavy (non-hydrogen) atoms. The molecule has 3 aromatic rings. The Balaban J connectivity index is 2.20. The predicted octanol–water partition coefficient (Wildman–Crippen LogP) is 2.86. The van der Waals surface area contributed by atoms with E-state index in [2.05, 4.69) is 16.9 Å². The zero-order chi connectivity index (χ0) is 12.0. The van der Waals surface area contributed by atoms with Gasteiger partial charge in [0.15, 0.2) is 5.58 Å². The van der Waals surface area contributed by atoms with Crippen molar-refractivity contribution in [2.45, 2.75) is 13.8 Å². The number of benzene rings is 1. The van der Waals surface area contributed by atoms with E-state index in [1.165, 1.54) is 4.88 Å². The Labute approximate surface area is 101 Å². The highest BCUT2D eigenvalue weighted by molar-refractivity contribution is 7.15. The average molecular weight is 246 g/mol. The number of nitrogens with zero attached hydrogens (tertiary/aromatic N) is 1. The average Bonchev–Trinajstić information content (AvgIpc) is 2.80. The zero-order valence-electron chi connectivity index (χ0n) is 9.40. The van der Waals surface area contributed by atoms with E-state index in [4.69, 9.17) is 4.42 Å². The standard InChI is InChI=1S/C12H10N2O2S/c1-6-7(2)17-11(13-6)8-3-4-10-9(5-8)14-12(15)16-10/h3-5H,1-2H3,(H,14,15). The van der Waals surface area contributed by atoms with Gasteiger partial charge >= 0.3 is 5.76 Å². The van der Waals surface area contributed by atoms with Crippen molar-refractivity contribution in [3.05, 3.63) is 39.3 Å². The zero-order valence-corrected chi connectivity index (χ0v) is 10.2. The minimum atomic E-state index is -0.427. The molecular formula is C12H10N2O2S. The largest absolute Gasteiger partial charge is 0.417 e. The number of oxazole rings is 1. The molecule has 0 atom stereocenters. The highest BCUT2D eigenvalue weighted by atomic mass is 32.1. The first-order valence-corrected chi connectivity index (χ1v) is 6.02. The molecule has 0 amide bonds. The smallest absolute Gasteiger partial charge is 0.408 e. The second-order valence-corrected chi connectivity index (χ2v) is 5.09. The summed E-state index contributed by atoms with van der Waals surface area (Å²) in [6, 6.07) is 5.59. The maximum absolute atomic E-state index is 11.1. The molecule has 0 bridgehead atoms. The van der Waals surface area contributed by atoms with Gasteiger partial charge in [-0.05, 0) is 32.0 Å². The first kappa shape index (κ1) is 10.3. The summed E-state index contributed by atoms with van der Waals surface area (Å²) < 4.78 is 4.96. The SMILES string of the molecule is Cc1nc(-c2ccc3oc(=O)[nH]c3c2)sc1C. The molecule has 0 unspecified atom stereocenters. The van der Waals surface area contributed by atoms with Crippen LogP contribution in [0.3, 0.4) is 0 Å². The van der Waals surface area contributed by atoms with Gasteiger partial charge in [-0.2, -0.15) is 0 Å². The third kappa shape index (κ3) is 1.68. The number of thiazole rings is 1. The lowest BCUT2D eigenvalue weighted by molar-refractivity contribution is 0.555. The Morgan fingerprint density at radius 2 is 2.18 bits per heavy atom. The molecule has 2 aromatic heterocycles. The Morgan fingerprint density at radius 1 is 1.35 bits per heavy atom. The minimum Gasteiger partial charge on any atom is -0.408 e. The van der Waals surface area contributed by atoms with E-state index in [1.807, 2.05) is 19.1 Å². The summed E-state index contributed by atoms with van der Waals surface area (Å²) in [7, 11) is 0. The Morgan fingerprint density at radius 3 is 2.88 bits per heavy atom. The summed E-state index contributed by atoms with van der Waals surface area (Å²) >= 11 is 1.65. The number of hydrogen-bond donors (Lipinski definition) is 1. The fourth-order valence-electron chi connectivity index (χ4n) is 1.68. The molecule has 3 rings (SSSR count). The maximum atomic E-state index is 11.1. The van der Waals surface area contributed by atoms with E-state index in [9.17, 15) is 4.79 Å². The van der Waals surface area contributed by atoms with Crippen molar-refractivity contribution in [2.24, 2.45) is 0 Å². The number of aromatic amines is 1. The van der Waals surface area contributed by atoms with Gasteiger partial charge in [-0.15, -0.1) is 11.3 Å². The summed E-state index contributed by atoms with van der Waals surface area (Å²) in [4.78, 5) is 19.4. The number of H-pyrrole nitrogens is 1. The molecule has 0 aliphatic rings. The summed E-state index contributed by atoms with van der Waals surface area (Å²) in [5.74, 6) is -0.427. The molecule has 86 valence electrons. The van der Waals surface area contributed by atoms with Crippen molar-refractivity contribution < 1.29 is 4.42 Å². The van der Waals surface area contributed by atoms with Crippen LogP contribution >= 0.6 is 11.3 Å². The molecule has 4 nitrogen and oxygen atoms in total. The Bertz CT molecular complexity index is 732. The minimum absolute atomic E-state index is 0.427. The van der Waals surface area contributed by atoms with Crippen LogP contribution in [0.5, 0.6) is 0 Å². The quantitative estimate of drug-likeness (QED) is 0.718. The number of rotatable bonds is 1. The number of aromatic nitrogens is 2. The molecule has 1 aromatic carbocycles. The number of aryl methyl sites for hydroxylation is 2. The first-order chi connectivity index (χ1) is 8.13. The Kier molecular flexibility index (Phi) is 2.16. The lowest BCUT2D eigenvalue weighted by atomic mass is 10.2. The van der Waals surface area contributed by atoms with Crippen LogP contribution in [-0.2, 0) is 0 Å². The third-order valence-corrected chi connectivity index (χ3v) is 3.82. The van der Waals surface area contributed by atoms with E-state index in [-0.39, 0.29) is 0 Å². The fourth-order valence-corrected chi connectivity index (χ4v) is 2.59. The lowest BCUT2D eigenvalue weighted by Crippen LogP contribution is -1.92. The molecule has 0 saturated carbocycles. The molecule has 0 aliphatic heterocycles. The highest BCUT2D eigenvalue weighted by Crippen LogP contribution is 2.28. The van der Waals surface area contributed by atoms with Crippen molar-refractivity contribution in [3.63, 3.8) is 0 Å². The lowest BCUT2D eigenvalue weighted by Gasteiger charge is -1.94. The summed E-state index contributed by atoms with van der Waals surface area (Å²) in [5.41, 5.74) is 3.32. The highest BCUT2D eigenvalue weighted by Gasteiger charge is 2.08. The normalized spacial score (nSPS) is 11.2. The molecule has 0 spiro atoms. The molecule has 5 heteroatoms. The van der Waals surface area contributed by atoms with Crippen LogP contribution in [0.25, 0.3) is 21.7 Å². The van der Waals surface area contributed by atoms with Crippen molar-refractivity contribution in [1.82, 2.24) is 9.97 Å². The van der Waals surface area contributed by atoms with Gasteiger partial charge in [0.25, 0.3) is 0 Å². The second-order valence-electron chi connectivity index (χ2n) is 3.89.